The number of rotatable bonds is 3. The van der Waals surface area contributed by atoms with E-state index >= 15 is 0 Å². The highest BCUT2D eigenvalue weighted by Gasteiger charge is 2.25. The molecule has 1 aromatic carbocycles. The molecule has 0 saturated carbocycles. The van der Waals surface area contributed by atoms with Crippen LogP contribution in [0.5, 0.6) is 0 Å². The van der Waals surface area contributed by atoms with Crippen LogP contribution < -0.4 is 0 Å². The average Bonchev–Trinajstić information content (AvgIpc) is 2.32. The molecule has 0 heterocycles. The van der Waals surface area contributed by atoms with Crippen LogP contribution in [0.4, 0.5) is 0 Å². The van der Waals surface area contributed by atoms with Gasteiger partial charge in [-0.2, -0.15) is 0 Å². The maximum atomic E-state index is 3.72. The zero-order valence-electron chi connectivity index (χ0n) is 10.3. The Balaban J connectivity index is 2.19. The van der Waals surface area contributed by atoms with Gasteiger partial charge in [0.05, 0.1) is 0 Å². The number of hydrogen-bond acceptors (Lipinski definition) is 0. The summed E-state index contributed by atoms with van der Waals surface area (Å²) in [5, 5.41) is 0. The van der Waals surface area contributed by atoms with Gasteiger partial charge < -0.3 is 0 Å². The van der Waals surface area contributed by atoms with Crippen LogP contribution in [0, 0.1) is 0 Å². The lowest BCUT2D eigenvalue weighted by molar-refractivity contribution is 0.663. The molecule has 88 valence electrons. The van der Waals surface area contributed by atoms with Crippen LogP contribution in [-0.4, -0.2) is 8.80 Å². The van der Waals surface area contributed by atoms with Crippen molar-refractivity contribution in [2.24, 2.45) is 0 Å². The first-order valence-corrected chi connectivity index (χ1v) is 9.61. The van der Waals surface area contributed by atoms with Gasteiger partial charge in [0, 0.05) is 13.3 Å². The molecule has 1 aliphatic rings. The third-order valence-corrected chi connectivity index (χ3v) is 8.92. The molecular formula is C14H21BrSi. The first-order valence-electron chi connectivity index (χ1n) is 6.52. The summed E-state index contributed by atoms with van der Waals surface area (Å²) in [6.07, 6.45) is 4.10. The highest BCUT2D eigenvalue weighted by Crippen LogP contribution is 2.36. The van der Waals surface area contributed by atoms with E-state index in [1.54, 1.807) is 11.1 Å². The molecule has 0 nitrogen and oxygen atoms in total. The van der Waals surface area contributed by atoms with Crippen LogP contribution in [0.3, 0.4) is 0 Å². The second kappa shape index (κ2) is 5.50. The monoisotopic (exact) mass is 296 g/mol. The molecule has 1 aromatic rings. The topological polar surface area (TPSA) is 0 Å². The Morgan fingerprint density at radius 2 is 2.06 bits per heavy atom. The Morgan fingerprint density at radius 1 is 1.31 bits per heavy atom. The predicted octanol–water partition coefficient (Wildman–Crippen LogP) is 4.57. The summed E-state index contributed by atoms with van der Waals surface area (Å²) in [5.74, 6) is 0. The molecule has 0 aliphatic heterocycles. The molecule has 0 unspecified atom stereocenters. The summed E-state index contributed by atoms with van der Waals surface area (Å²) in [6.45, 7) is 4.80. The van der Waals surface area contributed by atoms with Crippen molar-refractivity contribution >= 4 is 24.7 Å². The van der Waals surface area contributed by atoms with Crippen molar-refractivity contribution in [3.05, 3.63) is 33.8 Å². The Morgan fingerprint density at radius 3 is 2.75 bits per heavy atom. The van der Waals surface area contributed by atoms with Gasteiger partial charge in [0.15, 0.2) is 0 Å². The number of fused-ring (bicyclic) bond motifs is 1. The quantitative estimate of drug-likeness (QED) is 0.717. The van der Waals surface area contributed by atoms with Gasteiger partial charge in [0.1, 0.15) is 0 Å². The fourth-order valence-electron chi connectivity index (χ4n) is 3.13. The third-order valence-electron chi connectivity index (χ3n) is 4.18. The van der Waals surface area contributed by atoms with Gasteiger partial charge >= 0.3 is 0 Å². The standard InChI is InChI=1S/C14H21BrSi/c1-3-16(4-2)12-9-8-11-6-5-7-14(15)13(11)10-12/h5-7,12,16H,3-4,8-10H2,1-2H3/t12-/m0/s1. The summed E-state index contributed by atoms with van der Waals surface area (Å²) < 4.78 is 1.34. The third kappa shape index (κ3) is 2.43. The van der Waals surface area contributed by atoms with Gasteiger partial charge in [-0.15, -0.1) is 0 Å². The molecule has 0 saturated heterocycles. The Hall–Kier alpha value is -0.0831. The van der Waals surface area contributed by atoms with Crippen LogP contribution >= 0.6 is 15.9 Å². The summed E-state index contributed by atoms with van der Waals surface area (Å²) in [4.78, 5) is 0. The minimum absolute atomic E-state index is 0.474. The molecule has 2 heteroatoms. The van der Waals surface area contributed by atoms with Crippen LogP contribution in [0.1, 0.15) is 31.4 Å². The van der Waals surface area contributed by atoms with E-state index in [0.717, 1.165) is 5.54 Å². The molecule has 16 heavy (non-hydrogen) atoms. The molecule has 0 spiro atoms. The maximum Gasteiger partial charge on any atom is 0.0397 e. The van der Waals surface area contributed by atoms with Gasteiger partial charge in [-0.25, -0.2) is 0 Å². The van der Waals surface area contributed by atoms with Crippen LogP contribution in [0.2, 0.25) is 17.6 Å². The van der Waals surface area contributed by atoms with Crippen molar-refractivity contribution in [2.75, 3.05) is 0 Å². The second-order valence-corrected chi connectivity index (χ2v) is 9.91. The lowest BCUT2D eigenvalue weighted by Crippen LogP contribution is -2.24. The van der Waals surface area contributed by atoms with E-state index in [4.69, 9.17) is 0 Å². The zero-order valence-corrected chi connectivity index (χ0v) is 13.0. The molecule has 2 rings (SSSR count). The van der Waals surface area contributed by atoms with Crippen LogP contribution in [0.25, 0.3) is 0 Å². The molecule has 0 radical (unpaired) electrons. The van der Waals surface area contributed by atoms with Gasteiger partial charge in [0.25, 0.3) is 0 Å². The molecule has 0 fully saturated rings. The van der Waals surface area contributed by atoms with Crippen LogP contribution in [-0.2, 0) is 12.8 Å². The lowest BCUT2D eigenvalue weighted by atomic mass is 9.91. The van der Waals surface area contributed by atoms with E-state index in [-0.39, 0.29) is 0 Å². The molecule has 1 atom stereocenters. The predicted molar refractivity (Wildman–Crippen MR) is 78.0 cm³/mol. The van der Waals surface area contributed by atoms with Crippen molar-refractivity contribution in [3.63, 3.8) is 0 Å². The molecule has 0 amide bonds. The second-order valence-electron chi connectivity index (χ2n) is 4.96. The Bertz CT molecular complexity index is 358. The smallest absolute Gasteiger partial charge is 0.0397 e. The number of halogens is 1. The van der Waals surface area contributed by atoms with E-state index in [1.165, 1.54) is 35.8 Å². The van der Waals surface area contributed by atoms with Gasteiger partial charge in [-0.3, -0.25) is 0 Å². The SMILES string of the molecule is CC[SiH](CC)[C@H]1CCc2cccc(Br)c2C1. The zero-order chi connectivity index (χ0) is 11.5. The summed E-state index contributed by atoms with van der Waals surface area (Å²) in [7, 11) is -0.474. The number of aryl methyl sites for hydroxylation is 1. The summed E-state index contributed by atoms with van der Waals surface area (Å²) in [6, 6.07) is 9.64. The fraction of sp³-hybridized carbons (Fsp3) is 0.571. The molecule has 0 aromatic heterocycles. The largest absolute Gasteiger partial charge is 0.0680 e. The first-order chi connectivity index (χ1) is 7.76. The van der Waals surface area contributed by atoms with Crippen molar-refractivity contribution in [2.45, 2.75) is 50.7 Å². The van der Waals surface area contributed by atoms with Crippen LogP contribution in [0.15, 0.2) is 22.7 Å². The molecule has 1 aliphatic carbocycles. The van der Waals surface area contributed by atoms with Gasteiger partial charge in [0.2, 0.25) is 0 Å². The highest BCUT2D eigenvalue weighted by molar-refractivity contribution is 9.10. The van der Waals surface area contributed by atoms with Crippen molar-refractivity contribution in [1.29, 1.82) is 0 Å². The Labute approximate surface area is 109 Å². The first kappa shape index (κ1) is 12.4. The van der Waals surface area contributed by atoms with E-state index < -0.39 is 8.80 Å². The van der Waals surface area contributed by atoms with E-state index in [9.17, 15) is 0 Å². The minimum Gasteiger partial charge on any atom is -0.0680 e. The van der Waals surface area contributed by atoms with E-state index in [0.29, 0.717) is 0 Å². The Kier molecular flexibility index (Phi) is 4.26. The minimum atomic E-state index is -0.474. The van der Waals surface area contributed by atoms with E-state index in [2.05, 4.69) is 48.0 Å². The summed E-state index contributed by atoms with van der Waals surface area (Å²) >= 11 is 3.72. The van der Waals surface area contributed by atoms with Crippen molar-refractivity contribution < 1.29 is 0 Å². The van der Waals surface area contributed by atoms with Gasteiger partial charge in [-0.05, 0) is 42.0 Å². The number of benzene rings is 1. The normalized spacial score (nSPS) is 19.9. The fourth-order valence-corrected chi connectivity index (χ4v) is 6.82. The molecule has 0 N–H and O–H groups in total. The van der Waals surface area contributed by atoms with Gasteiger partial charge in [-0.1, -0.05) is 54.0 Å². The molecular weight excluding hydrogens is 276 g/mol. The van der Waals surface area contributed by atoms with E-state index in [1.807, 2.05) is 0 Å². The highest BCUT2D eigenvalue weighted by atomic mass is 79.9. The summed E-state index contributed by atoms with van der Waals surface area (Å²) in [5.41, 5.74) is 4.24. The maximum absolute atomic E-state index is 3.72. The molecule has 0 bridgehead atoms. The van der Waals surface area contributed by atoms with Crippen molar-refractivity contribution in [1.82, 2.24) is 0 Å². The van der Waals surface area contributed by atoms with Crippen molar-refractivity contribution in [3.8, 4) is 0 Å². The lowest BCUT2D eigenvalue weighted by Gasteiger charge is -2.30. The average molecular weight is 297 g/mol. The number of hydrogen-bond donors (Lipinski definition) is 0.